The number of carbonyl (C=O) groups excluding carboxylic acids is 1. The molecule has 40 heavy (non-hydrogen) atoms. The predicted octanol–water partition coefficient (Wildman–Crippen LogP) is 5.18. The Balaban J connectivity index is 1.60. The average molecular weight is 560 g/mol. The summed E-state index contributed by atoms with van der Waals surface area (Å²) in [5.41, 5.74) is 1.91. The summed E-state index contributed by atoms with van der Waals surface area (Å²) in [4.78, 5) is 16.8. The Morgan fingerprint density at radius 3 is 2.42 bits per heavy atom. The van der Waals surface area contributed by atoms with Crippen LogP contribution in [-0.4, -0.2) is 46.4 Å². The minimum atomic E-state index is -1.01. The molecule has 1 aromatic heterocycles. The normalized spacial score (nSPS) is 19.4. The fourth-order valence-electron chi connectivity index (χ4n) is 5.61. The highest BCUT2D eigenvalue weighted by atomic mass is 19.1. The molecule has 0 saturated heterocycles. The molecule has 1 amide bonds. The highest BCUT2D eigenvalue weighted by Crippen LogP contribution is 2.52. The van der Waals surface area contributed by atoms with Crippen LogP contribution in [0, 0.1) is 17.0 Å². The van der Waals surface area contributed by atoms with Gasteiger partial charge in [-0.1, -0.05) is 20.8 Å². The second-order valence-electron chi connectivity index (χ2n) is 12.9. The highest BCUT2D eigenvalue weighted by molar-refractivity contribution is 5.73. The SMILES string of the molecule is CC(=O)N[C@@H](Cc1cc(F)cc(F)c1)[C@H](O)CN[C@@H]1CC2(CCC2)Oc2c1cc(CC(C)(C)C)nc2OC(C)C. The zero-order valence-corrected chi connectivity index (χ0v) is 24.4. The van der Waals surface area contributed by atoms with Crippen LogP contribution in [0.2, 0.25) is 0 Å². The third kappa shape index (κ3) is 7.69. The molecule has 4 rings (SSSR count). The monoisotopic (exact) mass is 559 g/mol. The van der Waals surface area contributed by atoms with Gasteiger partial charge in [-0.3, -0.25) is 4.79 Å². The Bertz CT molecular complexity index is 1190. The fraction of sp³-hybridized carbons (Fsp3) is 0.613. The van der Waals surface area contributed by atoms with Crippen molar-refractivity contribution in [1.82, 2.24) is 15.6 Å². The molecule has 1 aliphatic heterocycles. The molecule has 1 aromatic carbocycles. The molecule has 3 N–H and O–H groups in total. The average Bonchev–Trinajstić information content (AvgIpc) is 2.78. The lowest BCUT2D eigenvalue weighted by Gasteiger charge is -2.48. The predicted molar refractivity (Wildman–Crippen MR) is 149 cm³/mol. The van der Waals surface area contributed by atoms with Gasteiger partial charge in [0.2, 0.25) is 5.91 Å². The molecule has 0 radical (unpaired) electrons. The minimum absolute atomic E-state index is 0.0160. The zero-order valence-electron chi connectivity index (χ0n) is 24.4. The molecule has 1 spiro atoms. The van der Waals surface area contributed by atoms with E-state index in [1.807, 2.05) is 13.8 Å². The number of hydrogen-bond acceptors (Lipinski definition) is 6. The summed E-state index contributed by atoms with van der Waals surface area (Å²) in [6, 6.07) is 4.43. The maximum atomic E-state index is 13.8. The van der Waals surface area contributed by atoms with Crippen molar-refractivity contribution in [2.75, 3.05) is 6.54 Å². The minimum Gasteiger partial charge on any atom is -0.481 e. The highest BCUT2D eigenvalue weighted by Gasteiger charge is 2.47. The molecule has 0 bridgehead atoms. The number of nitrogens with zero attached hydrogens (tertiary/aromatic N) is 1. The van der Waals surface area contributed by atoms with Gasteiger partial charge in [0.25, 0.3) is 5.88 Å². The van der Waals surface area contributed by atoms with Crippen LogP contribution in [-0.2, 0) is 17.6 Å². The van der Waals surface area contributed by atoms with E-state index in [0.717, 1.165) is 49.4 Å². The largest absolute Gasteiger partial charge is 0.481 e. The summed E-state index contributed by atoms with van der Waals surface area (Å²) in [5, 5.41) is 17.5. The first-order valence-corrected chi connectivity index (χ1v) is 14.2. The van der Waals surface area contributed by atoms with Gasteiger partial charge in [0.15, 0.2) is 5.75 Å². The first-order chi connectivity index (χ1) is 18.7. The Morgan fingerprint density at radius 1 is 1.20 bits per heavy atom. The van der Waals surface area contributed by atoms with Crippen LogP contribution in [0.15, 0.2) is 24.3 Å². The molecule has 2 heterocycles. The molecule has 2 aromatic rings. The lowest BCUT2D eigenvalue weighted by molar-refractivity contribution is -0.120. The number of nitrogens with one attached hydrogen (secondary N) is 2. The molecule has 7 nitrogen and oxygen atoms in total. The first kappa shape index (κ1) is 30.2. The van der Waals surface area contributed by atoms with Gasteiger partial charge in [0.1, 0.15) is 17.2 Å². The summed E-state index contributed by atoms with van der Waals surface area (Å²) in [7, 11) is 0. The van der Waals surface area contributed by atoms with Crippen LogP contribution < -0.4 is 20.1 Å². The molecule has 3 atom stereocenters. The molecule has 2 aliphatic rings. The van der Waals surface area contributed by atoms with Crippen LogP contribution in [0.3, 0.4) is 0 Å². The second-order valence-corrected chi connectivity index (χ2v) is 12.9. The Kier molecular flexibility index (Phi) is 9.05. The zero-order chi connectivity index (χ0) is 29.2. The van der Waals surface area contributed by atoms with Crippen LogP contribution in [0.1, 0.15) is 90.1 Å². The number of hydrogen-bond donors (Lipinski definition) is 3. The van der Waals surface area contributed by atoms with Crippen molar-refractivity contribution < 1.29 is 28.2 Å². The number of aliphatic hydroxyl groups excluding tert-OH is 1. The number of amides is 1. The summed E-state index contributed by atoms with van der Waals surface area (Å²) >= 11 is 0. The van der Waals surface area contributed by atoms with Crippen molar-refractivity contribution in [1.29, 1.82) is 0 Å². The van der Waals surface area contributed by atoms with Gasteiger partial charge < -0.3 is 25.2 Å². The van der Waals surface area contributed by atoms with Crippen molar-refractivity contribution in [3.05, 3.63) is 52.7 Å². The number of aliphatic hydroxyl groups is 1. The molecule has 1 aliphatic carbocycles. The third-order valence-corrected chi connectivity index (χ3v) is 7.42. The van der Waals surface area contributed by atoms with E-state index in [0.29, 0.717) is 17.2 Å². The molecule has 220 valence electrons. The van der Waals surface area contributed by atoms with E-state index in [1.54, 1.807) is 0 Å². The second kappa shape index (κ2) is 12.0. The van der Waals surface area contributed by atoms with E-state index in [4.69, 9.17) is 14.5 Å². The third-order valence-electron chi connectivity index (χ3n) is 7.42. The molecule has 1 saturated carbocycles. The fourth-order valence-corrected chi connectivity index (χ4v) is 5.61. The summed E-state index contributed by atoms with van der Waals surface area (Å²) in [5.74, 6) is -0.591. The summed E-state index contributed by atoms with van der Waals surface area (Å²) in [6.45, 7) is 11.9. The molecular formula is C31H43F2N3O4. The number of pyridine rings is 1. The van der Waals surface area contributed by atoms with Crippen molar-refractivity contribution in [3.63, 3.8) is 0 Å². The summed E-state index contributed by atoms with van der Waals surface area (Å²) < 4.78 is 40.3. The van der Waals surface area contributed by atoms with E-state index < -0.39 is 23.8 Å². The van der Waals surface area contributed by atoms with Gasteiger partial charge in [0, 0.05) is 43.3 Å². The van der Waals surface area contributed by atoms with E-state index in [9.17, 15) is 18.7 Å². The van der Waals surface area contributed by atoms with E-state index >= 15 is 0 Å². The van der Waals surface area contributed by atoms with Crippen LogP contribution in [0.4, 0.5) is 8.78 Å². The quantitative estimate of drug-likeness (QED) is 0.372. The van der Waals surface area contributed by atoms with Crippen molar-refractivity contribution in [3.8, 4) is 11.6 Å². The lowest BCUT2D eigenvalue weighted by atomic mass is 9.73. The van der Waals surface area contributed by atoms with Gasteiger partial charge in [-0.25, -0.2) is 13.8 Å². The van der Waals surface area contributed by atoms with Crippen molar-refractivity contribution in [2.24, 2.45) is 5.41 Å². The van der Waals surface area contributed by atoms with E-state index in [2.05, 4.69) is 37.5 Å². The number of fused-ring (bicyclic) bond motifs is 1. The van der Waals surface area contributed by atoms with E-state index in [1.165, 1.54) is 19.1 Å². The summed E-state index contributed by atoms with van der Waals surface area (Å²) in [6.07, 6.45) is 3.41. The number of aromatic nitrogens is 1. The van der Waals surface area contributed by atoms with Crippen LogP contribution in [0.5, 0.6) is 11.6 Å². The molecule has 1 fully saturated rings. The van der Waals surface area contributed by atoms with Gasteiger partial charge >= 0.3 is 0 Å². The van der Waals surface area contributed by atoms with Gasteiger partial charge in [-0.05, 0) is 75.1 Å². The number of benzene rings is 1. The smallest absolute Gasteiger partial charge is 0.257 e. The van der Waals surface area contributed by atoms with Crippen LogP contribution >= 0.6 is 0 Å². The maximum absolute atomic E-state index is 13.8. The molecular weight excluding hydrogens is 516 g/mol. The van der Waals surface area contributed by atoms with Crippen molar-refractivity contribution >= 4 is 5.91 Å². The number of halogens is 2. The topological polar surface area (TPSA) is 92.7 Å². The standard InChI is InChI=1S/C31H43F2N3O4/c1-18(2)39-29-28-24(14-23(36-29)15-30(4,5)6)26(16-31(40-28)8-7-9-31)34-17-27(38)25(35-19(3)37)12-20-10-21(32)13-22(33)11-20/h10-11,13-14,18,25-27,34,38H,7-9,12,15-17H2,1-6H3,(H,35,37)/t25-,26+,27+/m0/s1. The molecule has 0 unspecified atom stereocenters. The van der Waals surface area contributed by atoms with Gasteiger partial charge in [-0.15, -0.1) is 0 Å². The molecule has 9 heteroatoms. The maximum Gasteiger partial charge on any atom is 0.257 e. The van der Waals surface area contributed by atoms with Gasteiger partial charge in [-0.2, -0.15) is 0 Å². The Labute approximate surface area is 236 Å². The lowest BCUT2D eigenvalue weighted by Crippen LogP contribution is -2.52. The number of ether oxygens (including phenoxy) is 2. The Hall–Kier alpha value is -2.78. The number of carbonyl (C=O) groups is 1. The van der Waals surface area contributed by atoms with Gasteiger partial charge in [0.05, 0.1) is 18.2 Å². The first-order valence-electron chi connectivity index (χ1n) is 14.2. The van der Waals surface area contributed by atoms with Crippen molar-refractivity contribution in [2.45, 2.75) is 110 Å². The van der Waals surface area contributed by atoms with Crippen LogP contribution in [0.25, 0.3) is 0 Å². The Morgan fingerprint density at radius 2 is 1.88 bits per heavy atom. The van der Waals surface area contributed by atoms with E-state index in [-0.39, 0.29) is 42.0 Å². The number of rotatable bonds is 10.